The predicted molar refractivity (Wildman–Crippen MR) is 120 cm³/mol. The van der Waals surface area contributed by atoms with Crippen LogP contribution >= 0.6 is 0 Å². The quantitative estimate of drug-likeness (QED) is 0.685. The molecule has 5 nitrogen and oxygen atoms in total. The van der Waals surface area contributed by atoms with Crippen LogP contribution in [0.3, 0.4) is 0 Å². The van der Waals surface area contributed by atoms with E-state index in [4.69, 9.17) is 0 Å². The molecule has 30 heavy (non-hydrogen) atoms. The van der Waals surface area contributed by atoms with E-state index in [1.54, 1.807) is 0 Å². The van der Waals surface area contributed by atoms with Crippen molar-refractivity contribution in [3.8, 4) is 0 Å². The maximum atomic E-state index is 13.1. The van der Waals surface area contributed by atoms with Gasteiger partial charge >= 0.3 is 0 Å². The Hall–Kier alpha value is -2.40. The van der Waals surface area contributed by atoms with Crippen LogP contribution in [0.1, 0.15) is 39.0 Å². The molecule has 1 aromatic heterocycles. The average Bonchev–Trinajstić information content (AvgIpc) is 3.02. The molecule has 2 fully saturated rings. The van der Waals surface area contributed by atoms with Gasteiger partial charge in [0.2, 0.25) is 5.91 Å². The fraction of sp³-hybridized carbons (Fsp3) is 0.520. The summed E-state index contributed by atoms with van der Waals surface area (Å²) in [5.74, 6) is 0.878. The Kier molecular flexibility index (Phi) is 5.83. The third-order valence-electron chi connectivity index (χ3n) is 6.75. The first-order valence-corrected chi connectivity index (χ1v) is 11.1. The number of amides is 1. The lowest BCUT2D eigenvalue weighted by atomic mass is 10.1. The first kappa shape index (κ1) is 20.9. The lowest BCUT2D eigenvalue weighted by Gasteiger charge is -2.35. The molecule has 5 heteroatoms. The molecule has 0 spiro atoms. The summed E-state index contributed by atoms with van der Waals surface area (Å²) in [5, 5.41) is 0. The summed E-state index contributed by atoms with van der Waals surface area (Å²) in [7, 11) is 0. The topological polar surface area (TPSA) is 41.4 Å². The van der Waals surface area contributed by atoms with Crippen LogP contribution in [0.15, 0.2) is 54.5 Å². The Morgan fingerprint density at radius 2 is 1.80 bits per heavy atom. The van der Waals surface area contributed by atoms with E-state index >= 15 is 0 Å². The zero-order valence-corrected chi connectivity index (χ0v) is 18.7. The van der Waals surface area contributed by atoms with Gasteiger partial charge in [0.25, 0.3) is 0 Å². The summed E-state index contributed by atoms with van der Waals surface area (Å²) >= 11 is 0. The summed E-state index contributed by atoms with van der Waals surface area (Å²) in [4.78, 5) is 22.0. The van der Waals surface area contributed by atoms with Crippen LogP contribution in [-0.2, 0) is 17.9 Å². The summed E-state index contributed by atoms with van der Waals surface area (Å²) in [6, 6.07) is 10.5. The minimum atomic E-state index is 0.0927. The van der Waals surface area contributed by atoms with Crippen LogP contribution in [0, 0.1) is 17.3 Å². The maximum Gasteiger partial charge on any atom is 0.226 e. The summed E-state index contributed by atoms with van der Waals surface area (Å²) in [6.07, 6.45) is 6.17. The van der Waals surface area contributed by atoms with Crippen molar-refractivity contribution in [2.75, 3.05) is 26.2 Å². The van der Waals surface area contributed by atoms with Gasteiger partial charge < -0.3 is 9.47 Å². The molecule has 1 aliphatic carbocycles. The van der Waals surface area contributed by atoms with E-state index in [0.717, 1.165) is 39.3 Å². The van der Waals surface area contributed by atoms with Crippen molar-refractivity contribution < 1.29 is 4.79 Å². The monoisotopic (exact) mass is 406 g/mol. The molecule has 1 saturated carbocycles. The van der Waals surface area contributed by atoms with Gasteiger partial charge in [0, 0.05) is 45.5 Å². The Balaban J connectivity index is 1.31. The first-order valence-electron chi connectivity index (χ1n) is 11.1. The number of imidazole rings is 1. The van der Waals surface area contributed by atoms with E-state index in [9.17, 15) is 4.79 Å². The summed E-state index contributed by atoms with van der Waals surface area (Å²) < 4.78 is 2.23. The fourth-order valence-electron chi connectivity index (χ4n) is 4.77. The van der Waals surface area contributed by atoms with Crippen LogP contribution in [0.2, 0.25) is 0 Å². The van der Waals surface area contributed by atoms with Gasteiger partial charge in [-0.2, -0.15) is 0 Å². The molecule has 2 atom stereocenters. The molecule has 0 N–H and O–H groups in total. The second-order valence-electron chi connectivity index (χ2n) is 9.67. The van der Waals surface area contributed by atoms with Crippen molar-refractivity contribution >= 4 is 5.91 Å². The SMILES string of the molecule is CC(C)=CC1C(C(=O)N2CCN(Cc3cncn3Cc3ccccc3)CC2)C1(C)C. The Bertz CT molecular complexity index is 902. The van der Waals surface area contributed by atoms with Crippen LogP contribution in [-0.4, -0.2) is 51.4 Å². The van der Waals surface area contributed by atoms with Crippen LogP contribution in [0.4, 0.5) is 0 Å². The van der Waals surface area contributed by atoms with Gasteiger partial charge in [0.05, 0.1) is 17.9 Å². The molecule has 2 aromatic rings. The standard InChI is InChI=1S/C25H34N4O/c1-19(2)14-22-23(25(22,3)4)24(30)28-12-10-27(11-13-28)17-21-15-26-18-29(21)16-20-8-6-5-7-9-20/h5-9,14-15,18,22-23H,10-13,16-17H2,1-4H3. The maximum absolute atomic E-state index is 13.1. The van der Waals surface area contributed by atoms with E-state index in [1.165, 1.54) is 16.8 Å². The highest BCUT2D eigenvalue weighted by atomic mass is 16.2. The third kappa shape index (κ3) is 4.36. The number of benzene rings is 1. The van der Waals surface area contributed by atoms with Gasteiger partial charge in [-0.3, -0.25) is 9.69 Å². The number of rotatable bonds is 6. The Morgan fingerprint density at radius 3 is 2.47 bits per heavy atom. The second-order valence-corrected chi connectivity index (χ2v) is 9.67. The molecule has 4 rings (SSSR count). The highest BCUT2D eigenvalue weighted by molar-refractivity contribution is 5.84. The molecule has 1 aromatic carbocycles. The van der Waals surface area contributed by atoms with Crippen molar-refractivity contribution in [2.45, 2.75) is 40.8 Å². The van der Waals surface area contributed by atoms with Gasteiger partial charge in [0.1, 0.15) is 0 Å². The zero-order chi connectivity index (χ0) is 21.3. The summed E-state index contributed by atoms with van der Waals surface area (Å²) in [5.41, 5.74) is 3.91. The molecule has 2 aliphatic rings. The molecule has 1 amide bonds. The Labute approximate surface area is 180 Å². The van der Waals surface area contributed by atoms with E-state index < -0.39 is 0 Å². The molecular weight excluding hydrogens is 372 g/mol. The van der Waals surface area contributed by atoms with E-state index in [0.29, 0.717) is 11.8 Å². The van der Waals surface area contributed by atoms with E-state index in [1.807, 2.05) is 18.6 Å². The molecule has 1 aliphatic heterocycles. The number of carbonyl (C=O) groups excluding carboxylic acids is 1. The molecule has 160 valence electrons. The number of hydrogen-bond acceptors (Lipinski definition) is 3. The lowest BCUT2D eigenvalue weighted by Crippen LogP contribution is -2.49. The number of carbonyl (C=O) groups is 1. The largest absolute Gasteiger partial charge is 0.340 e. The molecule has 2 unspecified atom stereocenters. The molecule has 0 bridgehead atoms. The molecule has 0 radical (unpaired) electrons. The lowest BCUT2D eigenvalue weighted by molar-refractivity contribution is -0.135. The molecule has 2 heterocycles. The number of hydrogen-bond donors (Lipinski definition) is 0. The molecular formula is C25H34N4O. The second kappa shape index (κ2) is 8.38. The number of allylic oxidation sites excluding steroid dienone is 2. The average molecular weight is 407 g/mol. The number of piperazine rings is 1. The molecule has 1 saturated heterocycles. The zero-order valence-electron chi connectivity index (χ0n) is 18.7. The Morgan fingerprint density at radius 1 is 1.10 bits per heavy atom. The van der Waals surface area contributed by atoms with Gasteiger partial charge in [-0.15, -0.1) is 0 Å². The highest BCUT2D eigenvalue weighted by Crippen LogP contribution is 2.60. The van der Waals surface area contributed by atoms with Crippen molar-refractivity contribution in [1.82, 2.24) is 19.4 Å². The number of aromatic nitrogens is 2. The van der Waals surface area contributed by atoms with Gasteiger partial charge in [0.15, 0.2) is 0 Å². The van der Waals surface area contributed by atoms with Crippen molar-refractivity contribution in [2.24, 2.45) is 17.3 Å². The predicted octanol–water partition coefficient (Wildman–Crippen LogP) is 3.81. The first-order chi connectivity index (χ1) is 14.4. The number of nitrogens with zero attached hydrogens (tertiary/aromatic N) is 4. The van der Waals surface area contributed by atoms with Gasteiger partial charge in [-0.25, -0.2) is 4.98 Å². The van der Waals surface area contributed by atoms with E-state index in [2.05, 4.69) is 77.4 Å². The smallest absolute Gasteiger partial charge is 0.226 e. The summed E-state index contributed by atoms with van der Waals surface area (Å²) in [6.45, 7) is 13.9. The van der Waals surface area contributed by atoms with E-state index in [-0.39, 0.29) is 11.3 Å². The van der Waals surface area contributed by atoms with Gasteiger partial charge in [-0.1, -0.05) is 55.8 Å². The third-order valence-corrected chi connectivity index (χ3v) is 6.75. The van der Waals surface area contributed by atoms with Crippen LogP contribution < -0.4 is 0 Å². The highest BCUT2D eigenvalue weighted by Gasteiger charge is 2.61. The van der Waals surface area contributed by atoms with Gasteiger partial charge in [-0.05, 0) is 30.7 Å². The normalized spacial score (nSPS) is 23.3. The van der Waals surface area contributed by atoms with Crippen molar-refractivity contribution in [3.05, 3.63) is 65.8 Å². The fourth-order valence-corrected chi connectivity index (χ4v) is 4.77. The minimum Gasteiger partial charge on any atom is -0.340 e. The van der Waals surface area contributed by atoms with Crippen LogP contribution in [0.5, 0.6) is 0 Å². The van der Waals surface area contributed by atoms with Crippen molar-refractivity contribution in [3.63, 3.8) is 0 Å². The van der Waals surface area contributed by atoms with Crippen LogP contribution in [0.25, 0.3) is 0 Å². The minimum absolute atomic E-state index is 0.0927. The van der Waals surface area contributed by atoms with Crippen molar-refractivity contribution in [1.29, 1.82) is 0 Å².